The molecule has 2 rings (SSSR count). The fraction of sp³-hybridized carbons (Fsp3) is 0.917. The molecular weight excluding hydrogens is 220 g/mol. The van der Waals surface area contributed by atoms with E-state index in [1.54, 1.807) is 0 Å². The zero-order valence-corrected chi connectivity index (χ0v) is 10.9. The molecule has 0 aromatic heterocycles. The van der Waals surface area contributed by atoms with Gasteiger partial charge in [-0.2, -0.15) is 0 Å². The highest BCUT2D eigenvalue weighted by Gasteiger charge is 2.44. The highest BCUT2D eigenvalue weighted by atomic mass is 32.1. The molecule has 0 aromatic carbocycles. The van der Waals surface area contributed by atoms with Crippen LogP contribution in [0.2, 0.25) is 0 Å². The zero-order valence-electron chi connectivity index (χ0n) is 10.1. The Kier molecular flexibility index (Phi) is 3.82. The number of ether oxygens (including phenoxy) is 1. The van der Waals surface area contributed by atoms with Crippen molar-refractivity contribution in [2.75, 3.05) is 26.2 Å². The second-order valence-electron chi connectivity index (χ2n) is 5.28. The van der Waals surface area contributed by atoms with Crippen LogP contribution in [0.4, 0.5) is 0 Å². The Labute approximate surface area is 103 Å². The number of nitrogens with two attached hydrogens (primary N) is 1. The molecule has 0 amide bonds. The minimum Gasteiger partial charge on any atom is -0.393 e. The van der Waals surface area contributed by atoms with Gasteiger partial charge < -0.3 is 10.5 Å². The predicted octanol–water partition coefficient (Wildman–Crippen LogP) is 1.55. The van der Waals surface area contributed by atoms with E-state index in [-0.39, 0.29) is 0 Å². The van der Waals surface area contributed by atoms with Gasteiger partial charge >= 0.3 is 0 Å². The van der Waals surface area contributed by atoms with Gasteiger partial charge in [0.2, 0.25) is 0 Å². The highest BCUT2D eigenvalue weighted by molar-refractivity contribution is 7.80. The summed E-state index contributed by atoms with van der Waals surface area (Å²) < 4.78 is 5.68. The van der Waals surface area contributed by atoms with E-state index in [1.165, 1.54) is 12.8 Å². The number of rotatable bonds is 5. The molecule has 2 fully saturated rings. The molecule has 1 unspecified atom stereocenters. The average molecular weight is 242 g/mol. The van der Waals surface area contributed by atoms with Crippen molar-refractivity contribution in [3.8, 4) is 0 Å². The van der Waals surface area contributed by atoms with Crippen LogP contribution in [0.3, 0.4) is 0 Å². The van der Waals surface area contributed by atoms with Gasteiger partial charge in [-0.25, -0.2) is 0 Å². The number of nitrogens with zero attached hydrogens (tertiary/aromatic N) is 1. The third-order valence-electron chi connectivity index (χ3n) is 3.74. The van der Waals surface area contributed by atoms with Crippen LogP contribution in [-0.4, -0.2) is 42.2 Å². The predicted molar refractivity (Wildman–Crippen MR) is 69.5 cm³/mol. The minimum atomic E-state index is 0.418. The molecule has 0 bridgehead atoms. The van der Waals surface area contributed by atoms with Crippen LogP contribution in [0, 0.1) is 5.41 Å². The van der Waals surface area contributed by atoms with E-state index in [4.69, 9.17) is 22.7 Å². The van der Waals surface area contributed by atoms with Crippen molar-refractivity contribution < 1.29 is 4.74 Å². The Bertz CT molecular complexity index is 266. The Balaban J connectivity index is 1.82. The summed E-state index contributed by atoms with van der Waals surface area (Å²) in [4.78, 5) is 3.21. The average Bonchev–Trinajstić information content (AvgIpc) is 2.97. The molecule has 1 saturated carbocycles. The standard InChI is InChI=1S/C12H22N2OS/c1-2-10-8-14(5-6-15-10)9-12(3-4-12)7-11(13)16/h10H,2-9H2,1H3,(H2,13,16). The van der Waals surface area contributed by atoms with Crippen molar-refractivity contribution in [1.82, 2.24) is 4.90 Å². The van der Waals surface area contributed by atoms with Crippen LogP contribution < -0.4 is 5.73 Å². The summed E-state index contributed by atoms with van der Waals surface area (Å²) in [5.74, 6) is 0. The van der Waals surface area contributed by atoms with Crippen molar-refractivity contribution in [1.29, 1.82) is 0 Å². The maximum absolute atomic E-state index is 5.68. The van der Waals surface area contributed by atoms with E-state index in [0.717, 1.165) is 39.1 Å². The molecule has 16 heavy (non-hydrogen) atoms. The summed E-state index contributed by atoms with van der Waals surface area (Å²) in [6.45, 7) is 6.37. The lowest BCUT2D eigenvalue weighted by molar-refractivity contribution is -0.0351. The lowest BCUT2D eigenvalue weighted by Crippen LogP contribution is -2.45. The van der Waals surface area contributed by atoms with Crippen LogP contribution >= 0.6 is 12.2 Å². The van der Waals surface area contributed by atoms with Gasteiger partial charge in [0.25, 0.3) is 0 Å². The summed E-state index contributed by atoms with van der Waals surface area (Å²) in [6.07, 6.45) is 5.04. The first-order chi connectivity index (χ1) is 7.63. The van der Waals surface area contributed by atoms with Gasteiger partial charge in [0.05, 0.1) is 17.7 Å². The third kappa shape index (κ3) is 3.15. The summed E-state index contributed by atoms with van der Waals surface area (Å²) in [5, 5.41) is 0. The summed E-state index contributed by atoms with van der Waals surface area (Å²) in [5.41, 5.74) is 6.08. The molecule has 1 atom stereocenters. The SMILES string of the molecule is CCC1CN(CC2(CC(N)=S)CC2)CCO1. The van der Waals surface area contributed by atoms with E-state index in [1.807, 2.05) is 0 Å². The Morgan fingerprint density at radius 3 is 2.88 bits per heavy atom. The van der Waals surface area contributed by atoms with Crippen molar-refractivity contribution in [3.63, 3.8) is 0 Å². The summed E-state index contributed by atoms with van der Waals surface area (Å²) in [7, 11) is 0. The molecule has 3 nitrogen and oxygen atoms in total. The Morgan fingerprint density at radius 1 is 1.56 bits per heavy atom. The van der Waals surface area contributed by atoms with Crippen LogP contribution in [0.25, 0.3) is 0 Å². The van der Waals surface area contributed by atoms with Gasteiger partial charge in [0.1, 0.15) is 0 Å². The molecule has 1 aliphatic carbocycles. The van der Waals surface area contributed by atoms with Crippen LogP contribution in [-0.2, 0) is 4.74 Å². The number of morpholine rings is 1. The molecule has 0 radical (unpaired) electrons. The van der Waals surface area contributed by atoms with Gasteiger partial charge in [-0.15, -0.1) is 0 Å². The quantitative estimate of drug-likeness (QED) is 0.743. The monoisotopic (exact) mass is 242 g/mol. The number of hydrogen-bond acceptors (Lipinski definition) is 3. The maximum atomic E-state index is 5.68. The molecule has 2 aliphatic rings. The normalized spacial score (nSPS) is 28.9. The lowest BCUT2D eigenvalue weighted by atomic mass is 10.0. The van der Waals surface area contributed by atoms with Gasteiger partial charge in [0.15, 0.2) is 0 Å². The smallest absolute Gasteiger partial charge is 0.0733 e. The van der Waals surface area contributed by atoms with E-state index in [9.17, 15) is 0 Å². The van der Waals surface area contributed by atoms with Crippen molar-refractivity contribution in [2.45, 2.75) is 38.7 Å². The molecule has 2 N–H and O–H groups in total. The summed E-state index contributed by atoms with van der Waals surface area (Å²) in [6, 6.07) is 0. The van der Waals surface area contributed by atoms with Gasteiger partial charge in [-0.05, 0) is 24.7 Å². The van der Waals surface area contributed by atoms with E-state index < -0.39 is 0 Å². The zero-order chi connectivity index (χ0) is 11.6. The number of hydrogen-bond donors (Lipinski definition) is 1. The van der Waals surface area contributed by atoms with E-state index in [0.29, 0.717) is 16.5 Å². The molecule has 0 spiro atoms. The third-order valence-corrected chi connectivity index (χ3v) is 3.89. The molecule has 92 valence electrons. The molecule has 1 aliphatic heterocycles. The molecular formula is C12H22N2OS. The Morgan fingerprint density at radius 2 is 2.31 bits per heavy atom. The van der Waals surface area contributed by atoms with Crippen LogP contribution in [0.5, 0.6) is 0 Å². The van der Waals surface area contributed by atoms with Gasteiger partial charge in [-0.3, -0.25) is 4.90 Å². The molecule has 1 saturated heterocycles. The minimum absolute atomic E-state index is 0.418. The van der Waals surface area contributed by atoms with Crippen molar-refractivity contribution >= 4 is 17.2 Å². The fourth-order valence-electron chi connectivity index (χ4n) is 2.58. The molecule has 4 heteroatoms. The maximum Gasteiger partial charge on any atom is 0.0733 e. The van der Waals surface area contributed by atoms with Crippen molar-refractivity contribution in [3.05, 3.63) is 0 Å². The second kappa shape index (κ2) is 4.98. The topological polar surface area (TPSA) is 38.5 Å². The first kappa shape index (κ1) is 12.3. The summed E-state index contributed by atoms with van der Waals surface area (Å²) >= 11 is 5.03. The van der Waals surface area contributed by atoms with Crippen molar-refractivity contribution in [2.24, 2.45) is 11.1 Å². The van der Waals surface area contributed by atoms with E-state index in [2.05, 4.69) is 11.8 Å². The van der Waals surface area contributed by atoms with Gasteiger partial charge in [0, 0.05) is 26.1 Å². The largest absolute Gasteiger partial charge is 0.393 e. The first-order valence-corrected chi connectivity index (χ1v) is 6.67. The molecule has 0 aromatic rings. The highest BCUT2D eigenvalue weighted by Crippen LogP contribution is 2.49. The van der Waals surface area contributed by atoms with E-state index >= 15 is 0 Å². The fourth-order valence-corrected chi connectivity index (χ4v) is 2.89. The lowest BCUT2D eigenvalue weighted by Gasteiger charge is -2.34. The first-order valence-electron chi connectivity index (χ1n) is 6.26. The second-order valence-corrected chi connectivity index (χ2v) is 5.80. The van der Waals surface area contributed by atoms with Crippen LogP contribution in [0.1, 0.15) is 32.6 Å². The van der Waals surface area contributed by atoms with Gasteiger partial charge in [-0.1, -0.05) is 19.1 Å². The Hall–Kier alpha value is -0.190. The number of thiocarbonyl (C=S) groups is 1. The molecule has 1 heterocycles. The van der Waals surface area contributed by atoms with Crippen LogP contribution in [0.15, 0.2) is 0 Å².